The van der Waals surface area contributed by atoms with Gasteiger partial charge in [-0.25, -0.2) is 0 Å². The lowest BCUT2D eigenvalue weighted by Gasteiger charge is -2.30. The number of aliphatic hydroxyl groups is 1. The zero-order valence-electron chi connectivity index (χ0n) is 12.2. The largest absolute Gasteiger partial charge is 0.396 e. The van der Waals surface area contributed by atoms with E-state index in [2.05, 4.69) is 6.92 Å². The zero-order chi connectivity index (χ0) is 13.8. The van der Waals surface area contributed by atoms with Crippen LogP contribution < -0.4 is 0 Å². The number of likely N-dealkylation sites (tertiary alicyclic amines) is 1. The van der Waals surface area contributed by atoms with Crippen molar-refractivity contribution in [2.24, 2.45) is 11.8 Å². The molecule has 1 amide bonds. The van der Waals surface area contributed by atoms with Gasteiger partial charge in [0, 0.05) is 25.6 Å². The minimum atomic E-state index is -0.340. The van der Waals surface area contributed by atoms with Crippen LogP contribution in [0.3, 0.4) is 0 Å². The van der Waals surface area contributed by atoms with E-state index >= 15 is 0 Å². The Labute approximate surface area is 116 Å². The number of aliphatic hydroxyl groups excluding tert-OH is 1. The SMILES string of the molecule is CC1CCCC(OC(C)C(=O)N2CCC(CO)C2)C1. The highest BCUT2D eigenvalue weighted by atomic mass is 16.5. The Balaban J connectivity index is 1.79. The Kier molecular flexibility index (Phi) is 5.22. The van der Waals surface area contributed by atoms with E-state index in [0.717, 1.165) is 25.8 Å². The van der Waals surface area contributed by atoms with Crippen molar-refractivity contribution in [3.05, 3.63) is 0 Å². The molecule has 110 valence electrons. The second-order valence-corrected chi connectivity index (χ2v) is 6.29. The van der Waals surface area contributed by atoms with Crippen molar-refractivity contribution < 1.29 is 14.6 Å². The summed E-state index contributed by atoms with van der Waals surface area (Å²) in [6.07, 6.45) is 5.48. The third-order valence-electron chi connectivity index (χ3n) is 4.49. The van der Waals surface area contributed by atoms with Crippen molar-refractivity contribution in [3.63, 3.8) is 0 Å². The predicted octanol–water partition coefficient (Wildman–Crippen LogP) is 1.81. The van der Waals surface area contributed by atoms with Gasteiger partial charge in [-0.1, -0.05) is 19.8 Å². The topological polar surface area (TPSA) is 49.8 Å². The monoisotopic (exact) mass is 269 g/mol. The molecule has 1 saturated carbocycles. The minimum absolute atomic E-state index is 0.0918. The van der Waals surface area contributed by atoms with Gasteiger partial charge in [0.25, 0.3) is 5.91 Å². The number of ether oxygens (including phenoxy) is 1. The fourth-order valence-corrected chi connectivity index (χ4v) is 3.29. The molecule has 4 atom stereocenters. The number of rotatable bonds is 4. The molecule has 2 aliphatic rings. The van der Waals surface area contributed by atoms with Gasteiger partial charge >= 0.3 is 0 Å². The van der Waals surface area contributed by atoms with Crippen LogP contribution >= 0.6 is 0 Å². The number of hydrogen-bond acceptors (Lipinski definition) is 3. The van der Waals surface area contributed by atoms with Gasteiger partial charge in [-0.2, -0.15) is 0 Å². The molecule has 1 aliphatic carbocycles. The van der Waals surface area contributed by atoms with Gasteiger partial charge in [0.1, 0.15) is 6.10 Å². The van der Waals surface area contributed by atoms with Crippen molar-refractivity contribution >= 4 is 5.91 Å². The third kappa shape index (κ3) is 3.93. The predicted molar refractivity (Wildman–Crippen MR) is 73.7 cm³/mol. The summed E-state index contributed by atoms with van der Waals surface area (Å²) in [6, 6.07) is 0. The average molecular weight is 269 g/mol. The van der Waals surface area contributed by atoms with Crippen molar-refractivity contribution in [2.45, 2.75) is 58.2 Å². The molecule has 0 aromatic heterocycles. The van der Waals surface area contributed by atoms with E-state index in [1.165, 1.54) is 12.8 Å². The van der Waals surface area contributed by atoms with Crippen LogP contribution in [0.5, 0.6) is 0 Å². The van der Waals surface area contributed by atoms with Crippen molar-refractivity contribution in [1.82, 2.24) is 4.90 Å². The molecule has 0 spiro atoms. The maximum Gasteiger partial charge on any atom is 0.251 e. The number of carbonyl (C=O) groups excluding carboxylic acids is 1. The molecule has 1 N–H and O–H groups in total. The standard InChI is InChI=1S/C15H27NO3/c1-11-4-3-5-14(8-11)19-12(2)15(18)16-7-6-13(9-16)10-17/h11-14,17H,3-10H2,1-2H3. The lowest BCUT2D eigenvalue weighted by molar-refractivity contribution is -0.147. The highest BCUT2D eigenvalue weighted by molar-refractivity contribution is 5.80. The van der Waals surface area contributed by atoms with E-state index in [1.54, 1.807) is 0 Å². The molecule has 4 nitrogen and oxygen atoms in total. The van der Waals surface area contributed by atoms with E-state index in [0.29, 0.717) is 12.5 Å². The molecule has 1 aliphatic heterocycles. The fraction of sp³-hybridized carbons (Fsp3) is 0.933. The number of amides is 1. The molecule has 0 aromatic rings. The molecule has 0 aromatic carbocycles. The summed E-state index contributed by atoms with van der Waals surface area (Å²) < 4.78 is 5.95. The molecule has 1 saturated heterocycles. The molecule has 4 heteroatoms. The van der Waals surface area contributed by atoms with Crippen LogP contribution in [0.25, 0.3) is 0 Å². The Bertz CT molecular complexity index is 308. The van der Waals surface area contributed by atoms with Gasteiger partial charge in [0.15, 0.2) is 0 Å². The first-order valence-corrected chi connectivity index (χ1v) is 7.65. The van der Waals surface area contributed by atoms with Crippen LogP contribution in [0, 0.1) is 11.8 Å². The number of nitrogens with zero attached hydrogens (tertiary/aromatic N) is 1. The second-order valence-electron chi connectivity index (χ2n) is 6.29. The van der Waals surface area contributed by atoms with Crippen molar-refractivity contribution in [2.75, 3.05) is 19.7 Å². The van der Waals surface area contributed by atoms with E-state index in [1.807, 2.05) is 11.8 Å². The van der Waals surface area contributed by atoms with Gasteiger partial charge < -0.3 is 14.7 Å². The Morgan fingerprint density at radius 1 is 1.42 bits per heavy atom. The molecular weight excluding hydrogens is 242 g/mol. The van der Waals surface area contributed by atoms with E-state index < -0.39 is 0 Å². The Morgan fingerprint density at radius 3 is 2.84 bits per heavy atom. The quantitative estimate of drug-likeness (QED) is 0.847. The third-order valence-corrected chi connectivity index (χ3v) is 4.49. The fourth-order valence-electron chi connectivity index (χ4n) is 3.29. The van der Waals surface area contributed by atoms with Gasteiger partial charge in [-0.15, -0.1) is 0 Å². The summed E-state index contributed by atoms with van der Waals surface area (Å²) in [5, 5.41) is 9.13. The van der Waals surface area contributed by atoms with Crippen LogP contribution in [-0.2, 0) is 9.53 Å². The summed E-state index contributed by atoms with van der Waals surface area (Å²) in [7, 11) is 0. The first-order valence-electron chi connectivity index (χ1n) is 7.65. The van der Waals surface area contributed by atoms with E-state index in [4.69, 9.17) is 9.84 Å². The van der Waals surface area contributed by atoms with Gasteiger partial charge in [0.2, 0.25) is 0 Å². The summed E-state index contributed by atoms with van der Waals surface area (Å²) in [5.41, 5.74) is 0. The number of carbonyl (C=O) groups is 1. The highest BCUT2D eigenvalue weighted by Gasteiger charge is 2.31. The molecular formula is C15H27NO3. The lowest BCUT2D eigenvalue weighted by Crippen LogP contribution is -2.40. The molecule has 19 heavy (non-hydrogen) atoms. The molecule has 0 bridgehead atoms. The number of hydrogen-bond donors (Lipinski definition) is 1. The summed E-state index contributed by atoms with van der Waals surface area (Å²) in [5.74, 6) is 1.06. The first-order chi connectivity index (χ1) is 9.10. The highest BCUT2D eigenvalue weighted by Crippen LogP contribution is 2.27. The average Bonchev–Trinajstić information content (AvgIpc) is 2.86. The maximum atomic E-state index is 12.3. The van der Waals surface area contributed by atoms with Crippen LogP contribution in [0.2, 0.25) is 0 Å². The normalized spacial score (nSPS) is 33.4. The minimum Gasteiger partial charge on any atom is -0.396 e. The lowest BCUT2D eigenvalue weighted by atomic mass is 9.88. The summed E-state index contributed by atoms with van der Waals surface area (Å²) in [6.45, 7) is 5.75. The van der Waals surface area contributed by atoms with Gasteiger partial charge in [-0.3, -0.25) is 4.79 Å². The smallest absolute Gasteiger partial charge is 0.251 e. The van der Waals surface area contributed by atoms with Gasteiger partial charge in [0.05, 0.1) is 6.10 Å². The van der Waals surface area contributed by atoms with Crippen LogP contribution in [-0.4, -0.2) is 47.8 Å². The maximum absolute atomic E-state index is 12.3. The zero-order valence-corrected chi connectivity index (χ0v) is 12.2. The van der Waals surface area contributed by atoms with Crippen LogP contribution in [0.4, 0.5) is 0 Å². The van der Waals surface area contributed by atoms with E-state index in [9.17, 15) is 4.79 Å². The molecule has 4 unspecified atom stereocenters. The Hall–Kier alpha value is -0.610. The summed E-state index contributed by atoms with van der Waals surface area (Å²) >= 11 is 0. The van der Waals surface area contributed by atoms with E-state index in [-0.39, 0.29) is 30.6 Å². The first kappa shape index (κ1) is 14.8. The summed E-state index contributed by atoms with van der Waals surface area (Å²) in [4.78, 5) is 14.1. The second kappa shape index (κ2) is 6.71. The van der Waals surface area contributed by atoms with Crippen LogP contribution in [0.1, 0.15) is 46.0 Å². The molecule has 2 fully saturated rings. The molecule has 1 heterocycles. The molecule has 0 radical (unpaired) electrons. The van der Waals surface area contributed by atoms with Crippen molar-refractivity contribution in [3.8, 4) is 0 Å². The van der Waals surface area contributed by atoms with Crippen molar-refractivity contribution in [1.29, 1.82) is 0 Å². The van der Waals surface area contributed by atoms with Crippen LogP contribution in [0.15, 0.2) is 0 Å². The molecule has 2 rings (SSSR count). The Morgan fingerprint density at radius 2 is 2.21 bits per heavy atom. The van der Waals surface area contributed by atoms with Gasteiger partial charge in [-0.05, 0) is 32.1 Å².